The van der Waals surface area contributed by atoms with E-state index in [-0.39, 0.29) is 12.6 Å². The summed E-state index contributed by atoms with van der Waals surface area (Å²) in [6.07, 6.45) is 0.825. The molecule has 2 amide bonds. The minimum absolute atomic E-state index is 0.176. The molecule has 0 heterocycles. The molecule has 0 aromatic heterocycles. The van der Waals surface area contributed by atoms with Gasteiger partial charge in [-0.3, -0.25) is 4.79 Å². The van der Waals surface area contributed by atoms with Gasteiger partial charge in [0.15, 0.2) is 0 Å². The van der Waals surface area contributed by atoms with Crippen LogP contribution in [0.4, 0.5) is 10.5 Å². The Hall–Kier alpha value is -2.04. The first-order chi connectivity index (χ1) is 8.95. The average molecular weight is 264 g/mol. The minimum atomic E-state index is -0.909. The standard InChI is InChI=1S/C14H20N2O3/c1-4-11-7-5-6-8-12(11)15-14(19)16(3)9-10(2)13(17)18/h5-8,10H,4,9H2,1-3H3,(H,15,19)(H,17,18). The van der Waals surface area contributed by atoms with Crippen molar-refractivity contribution in [2.75, 3.05) is 18.9 Å². The van der Waals surface area contributed by atoms with E-state index in [0.29, 0.717) is 0 Å². The number of nitrogens with zero attached hydrogens (tertiary/aromatic N) is 1. The third kappa shape index (κ3) is 4.28. The molecule has 0 radical (unpaired) electrons. The van der Waals surface area contributed by atoms with Gasteiger partial charge in [-0.15, -0.1) is 0 Å². The fourth-order valence-corrected chi connectivity index (χ4v) is 1.73. The highest BCUT2D eigenvalue weighted by Gasteiger charge is 2.17. The van der Waals surface area contributed by atoms with Crippen LogP contribution in [0, 0.1) is 5.92 Å². The maximum atomic E-state index is 12.0. The van der Waals surface area contributed by atoms with Gasteiger partial charge in [0.2, 0.25) is 0 Å². The van der Waals surface area contributed by atoms with Crippen LogP contribution < -0.4 is 5.32 Å². The van der Waals surface area contributed by atoms with E-state index in [0.717, 1.165) is 17.7 Å². The van der Waals surface area contributed by atoms with Gasteiger partial charge in [-0.2, -0.15) is 0 Å². The van der Waals surface area contributed by atoms with Crippen LogP contribution in [0.15, 0.2) is 24.3 Å². The molecule has 0 spiro atoms. The highest BCUT2D eigenvalue weighted by molar-refractivity contribution is 5.90. The fourth-order valence-electron chi connectivity index (χ4n) is 1.73. The Kier molecular flexibility index (Phi) is 5.36. The number of carboxylic acids is 1. The predicted octanol–water partition coefficient (Wildman–Crippen LogP) is 2.43. The number of anilines is 1. The third-order valence-corrected chi connectivity index (χ3v) is 2.96. The molecule has 1 aromatic carbocycles. The number of carboxylic acid groups (broad SMARTS) is 1. The second-order valence-electron chi connectivity index (χ2n) is 4.56. The first-order valence-electron chi connectivity index (χ1n) is 6.28. The van der Waals surface area contributed by atoms with Gasteiger partial charge >= 0.3 is 12.0 Å². The molecular formula is C14H20N2O3. The molecule has 0 bridgehead atoms. The Morgan fingerprint density at radius 2 is 2.00 bits per heavy atom. The molecule has 1 aromatic rings. The van der Waals surface area contributed by atoms with Gasteiger partial charge in [0.1, 0.15) is 0 Å². The summed E-state index contributed by atoms with van der Waals surface area (Å²) in [6, 6.07) is 7.27. The SMILES string of the molecule is CCc1ccccc1NC(=O)N(C)CC(C)C(=O)O. The zero-order chi connectivity index (χ0) is 14.4. The number of carbonyl (C=O) groups is 2. The molecule has 0 saturated carbocycles. The second-order valence-corrected chi connectivity index (χ2v) is 4.56. The van der Waals surface area contributed by atoms with Crippen molar-refractivity contribution in [3.63, 3.8) is 0 Å². The maximum absolute atomic E-state index is 12.0. The lowest BCUT2D eigenvalue weighted by Gasteiger charge is -2.20. The van der Waals surface area contributed by atoms with Crippen LogP contribution in [0.1, 0.15) is 19.4 Å². The quantitative estimate of drug-likeness (QED) is 0.858. The molecule has 0 fully saturated rings. The molecule has 0 aliphatic heterocycles. The number of rotatable bonds is 5. The predicted molar refractivity (Wildman–Crippen MR) is 74.3 cm³/mol. The van der Waals surface area contributed by atoms with Crippen molar-refractivity contribution in [2.24, 2.45) is 5.92 Å². The van der Waals surface area contributed by atoms with Gasteiger partial charge in [-0.25, -0.2) is 4.79 Å². The lowest BCUT2D eigenvalue weighted by atomic mass is 10.1. The van der Waals surface area contributed by atoms with Gasteiger partial charge in [0, 0.05) is 19.3 Å². The number of carbonyl (C=O) groups excluding carboxylic acids is 1. The summed E-state index contributed by atoms with van der Waals surface area (Å²) in [5.74, 6) is -1.49. The highest BCUT2D eigenvalue weighted by atomic mass is 16.4. The summed E-state index contributed by atoms with van der Waals surface area (Å²) in [7, 11) is 1.59. The number of benzene rings is 1. The Morgan fingerprint density at radius 1 is 1.37 bits per heavy atom. The van der Waals surface area contributed by atoms with E-state index >= 15 is 0 Å². The summed E-state index contributed by atoms with van der Waals surface area (Å²) >= 11 is 0. The Labute approximate surface area is 113 Å². The summed E-state index contributed by atoms with van der Waals surface area (Å²) < 4.78 is 0. The second kappa shape index (κ2) is 6.78. The number of amides is 2. The summed E-state index contributed by atoms with van der Waals surface area (Å²) in [5.41, 5.74) is 1.82. The minimum Gasteiger partial charge on any atom is -0.481 e. The molecule has 104 valence electrons. The van der Waals surface area contributed by atoms with Crippen LogP contribution in [-0.4, -0.2) is 35.6 Å². The highest BCUT2D eigenvalue weighted by Crippen LogP contribution is 2.16. The molecule has 0 saturated heterocycles. The van der Waals surface area contributed by atoms with Gasteiger partial charge in [0.25, 0.3) is 0 Å². The van der Waals surface area contributed by atoms with Crippen molar-refractivity contribution >= 4 is 17.7 Å². The van der Waals surface area contributed by atoms with Gasteiger partial charge in [-0.1, -0.05) is 32.0 Å². The summed E-state index contributed by atoms with van der Waals surface area (Å²) in [5, 5.41) is 11.6. The van der Waals surface area contributed by atoms with Crippen molar-refractivity contribution in [1.82, 2.24) is 4.90 Å². The van der Waals surface area contributed by atoms with Crippen molar-refractivity contribution in [1.29, 1.82) is 0 Å². The number of nitrogens with one attached hydrogen (secondary N) is 1. The zero-order valence-corrected chi connectivity index (χ0v) is 11.5. The van der Waals surface area contributed by atoms with E-state index in [1.54, 1.807) is 14.0 Å². The van der Waals surface area contributed by atoms with Crippen LogP contribution in [0.5, 0.6) is 0 Å². The van der Waals surface area contributed by atoms with Crippen molar-refractivity contribution < 1.29 is 14.7 Å². The van der Waals surface area contributed by atoms with E-state index in [1.807, 2.05) is 31.2 Å². The van der Waals surface area contributed by atoms with Crippen LogP contribution in [0.3, 0.4) is 0 Å². The Balaban J connectivity index is 2.66. The van der Waals surface area contributed by atoms with E-state index in [9.17, 15) is 9.59 Å². The first-order valence-corrected chi connectivity index (χ1v) is 6.28. The Morgan fingerprint density at radius 3 is 2.58 bits per heavy atom. The van der Waals surface area contributed by atoms with Gasteiger partial charge in [-0.05, 0) is 18.1 Å². The number of aryl methyl sites for hydroxylation is 1. The van der Waals surface area contributed by atoms with E-state index < -0.39 is 11.9 Å². The topological polar surface area (TPSA) is 69.6 Å². The van der Waals surface area contributed by atoms with E-state index in [1.165, 1.54) is 4.90 Å². The smallest absolute Gasteiger partial charge is 0.321 e. The Bertz CT molecular complexity index is 460. The molecule has 5 heteroatoms. The molecular weight excluding hydrogens is 244 g/mol. The molecule has 2 N–H and O–H groups in total. The largest absolute Gasteiger partial charge is 0.481 e. The van der Waals surface area contributed by atoms with E-state index in [4.69, 9.17) is 5.11 Å². The van der Waals surface area contributed by atoms with Crippen molar-refractivity contribution in [3.05, 3.63) is 29.8 Å². The lowest BCUT2D eigenvalue weighted by Crippen LogP contribution is -2.36. The monoisotopic (exact) mass is 264 g/mol. The third-order valence-electron chi connectivity index (χ3n) is 2.96. The number of urea groups is 1. The lowest BCUT2D eigenvalue weighted by molar-refractivity contribution is -0.141. The molecule has 0 aliphatic rings. The molecule has 19 heavy (non-hydrogen) atoms. The summed E-state index contributed by atoms with van der Waals surface area (Å²) in [4.78, 5) is 24.1. The fraction of sp³-hybridized carbons (Fsp3) is 0.429. The summed E-state index contributed by atoms with van der Waals surface area (Å²) in [6.45, 7) is 3.77. The van der Waals surface area contributed by atoms with Gasteiger partial charge in [0.05, 0.1) is 5.92 Å². The molecule has 5 nitrogen and oxygen atoms in total. The van der Waals surface area contributed by atoms with Crippen molar-refractivity contribution in [2.45, 2.75) is 20.3 Å². The number of aliphatic carboxylic acids is 1. The normalized spacial score (nSPS) is 11.7. The van der Waals surface area contributed by atoms with Crippen LogP contribution in [0.2, 0.25) is 0 Å². The van der Waals surface area contributed by atoms with Gasteiger partial charge < -0.3 is 15.3 Å². The zero-order valence-electron chi connectivity index (χ0n) is 11.5. The number of hydrogen-bond acceptors (Lipinski definition) is 2. The van der Waals surface area contributed by atoms with Crippen LogP contribution in [-0.2, 0) is 11.2 Å². The van der Waals surface area contributed by atoms with E-state index in [2.05, 4.69) is 5.32 Å². The van der Waals surface area contributed by atoms with Crippen molar-refractivity contribution in [3.8, 4) is 0 Å². The molecule has 0 aliphatic carbocycles. The van der Waals surface area contributed by atoms with Crippen LogP contribution in [0.25, 0.3) is 0 Å². The average Bonchev–Trinajstić information content (AvgIpc) is 2.38. The van der Waals surface area contributed by atoms with Crippen LogP contribution >= 0.6 is 0 Å². The maximum Gasteiger partial charge on any atom is 0.321 e. The number of para-hydroxylation sites is 1. The first kappa shape index (κ1) is 15.0. The number of hydrogen-bond donors (Lipinski definition) is 2. The molecule has 1 unspecified atom stereocenters. The molecule has 1 rings (SSSR count). The molecule has 1 atom stereocenters.